The molecule has 0 aliphatic carbocycles. The molecular formula is C13H11N5O. The molecule has 3 rings (SSSR count). The zero-order valence-corrected chi connectivity index (χ0v) is 10.2. The van der Waals surface area contributed by atoms with Gasteiger partial charge in [0.25, 0.3) is 5.91 Å². The summed E-state index contributed by atoms with van der Waals surface area (Å²) in [4.78, 5) is 27.2. The van der Waals surface area contributed by atoms with Crippen LogP contribution in [-0.4, -0.2) is 25.8 Å². The molecule has 0 aliphatic rings. The summed E-state index contributed by atoms with van der Waals surface area (Å²) in [5, 5.41) is 2.66. The minimum atomic E-state index is -0.341. The summed E-state index contributed by atoms with van der Waals surface area (Å²) in [6.45, 7) is 1.81. The second-order valence-electron chi connectivity index (χ2n) is 4.10. The number of hydrogen-bond acceptors (Lipinski definition) is 4. The van der Waals surface area contributed by atoms with Crippen molar-refractivity contribution in [3.05, 3.63) is 48.0 Å². The van der Waals surface area contributed by atoms with Crippen LogP contribution in [0, 0.1) is 6.92 Å². The molecule has 0 bridgehead atoms. The molecule has 0 aliphatic heterocycles. The molecule has 0 fully saturated rings. The third-order valence-corrected chi connectivity index (χ3v) is 2.63. The Morgan fingerprint density at radius 1 is 1.21 bits per heavy atom. The highest BCUT2D eigenvalue weighted by Crippen LogP contribution is 2.13. The first-order valence-electron chi connectivity index (χ1n) is 5.77. The Morgan fingerprint density at radius 2 is 2.05 bits per heavy atom. The molecule has 0 saturated heterocycles. The van der Waals surface area contributed by atoms with Crippen LogP contribution in [0.1, 0.15) is 16.2 Å². The SMILES string of the molecule is Cc1cnc(C(=O)Nc2nc3ccccc3[nH]2)cn1. The van der Waals surface area contributed by atoms with Crippen LogP contribution >= 0.6 is 0 Å². The summed E-state index contributed by atoms with van der Waals surface area (Å²) in [5.74, 6) is 0.0557. The number of hydrogen-bond donors (Lipinski definition) is 2. The molecule has 0 saturated carbocycles. The summed E-state index contributed by atoms with van der Waals surface area (Å²) in [6, 6.07) is 7.55. The molecule has 19 heavy (non-hydrogen) atoms. The first kappa shape index (κ1) is 11.3. The van der Waals surface area contributed by atoms with E-state index < -0.39 is 0 Å². The molecule has 6 nitrogen and oxygen atoms in total. The third-order valence-electron chi connectivity index (χ3n) is 2.63. The maximum absolute atomic E-state index is 11.9. The van der Waals surface area contributed by atoms with Crippen molar-refractivity contribution >= 4 is 22.9 Å². The average molecular weight is 253 g/mol. The number of para-hydroxylation sites is 2. The van der Waals surface area contributed by atoms with Gasteiger partial charge in [-0.1, -0.05) is 12.1 Å². The van der Waals surface area contributed by atoms with Gasteiger partial charge >= 0.3 is 0 Å². The lowest BCUT2D eigenvalue weighted by Gasteiger charge is -2.00. The van der Waals surface area contributed by atoms with Gasteiger partial charge in [-0.3, -0.25) is 15.1 Å². The second-order valence-corrected chi connectivity index (χ2v) is 4.10. The fraction of sp³-hybridized carbons (Fsp3) is 0.0769. The average Bonchev–Trinajstić information content (AvgIpc) is 2.81. The van der Waals surface area contributed by atoms with Gasteiger partial charge in [-0.2, -0.15) is 0 Å². The summed E-state index contributed by atoms with van der Waals surface area (Å²) >= 11 is 0. The van der Waals surface area contributed by atoms with Gasteiger partial charge in [0.1, 0.15) is 5.69 Å². The zero-order chi connectivity index (χ0) is 13.2. The number of imidazole rings is 1. The summed E-state index contributed by atoms with van der Waals surface area (Å²) in [5.41, 5.74) is 2.69. The fourth-order valence-corrected chi connectivity index (χ4v) is 1.69. The lowest BCUT2D eigenvalue weighted by atomic mass is 10.3. The molecule has 2 heterocycles. The van der Waals surface area contributed by atoms with E-state index in [9.17, 15) is 4.79 Å². The lowest BCUT2D eigenvalue weighted by Crippen LogP contribution is -2.15. The topological polar surface area (TPSA) is 83.6 Å². The van der Waals surface area contributed by atoms with Crippen molar-refractivity contribution in [1.82, 2.24) is 19.9 Å². The molecule has 2 aromatic heterocycles. The molecule has 0 radical (unpaired) electrons. The van der Waals surface area contributed by atoms with Gasteiger partial charge < -0.3 is 4.98 Å². The Morgan fingerprint density at radius 3 is 2.79 bits per heavy atom. The van der Waals surface area contributed by atoms with E-state index in [2.05, 4.69) is 25.3 Å². The number of nitrogens with one attached hydrogen (secondary N) is 2. The van der Waals surface area contributed by atoms with Crippen molar-refractivity contribution in [2.45, 2.75) is 6.92 Å². The fourth-order valence-electron chi connectivity index (χ4n) is 1.69. The van der Waals surface area contributed by atoms with E-state index in [1.165, 1.54) is 6.20 Å². The maximum Gasteiger partial charge on any atom is 0.278 e. The number of fused-ring (bicyclic) bond motifs is 1. The van der Waals surface area contributed by atoms with Crippen LogP contribution in [0.15, 0.2) is 36.7 Å². The Kier molecular flexibility index (Phi) is 2.68. The number of aromatic amines is 1. The molecule has 3 aromatic rings. The first-order valence-corrected chi connectivity index (χ1v) is 5.77. The molecular weight excluding hydrogens is 242 g/mol. The predicted molar refractivity (Wildman–Crippen MR) is 70.8 cm³/mol. The van der Waals surface area contributed by atoms with Crippen LogP contribution in [0.2, 0.25) is 0 Å². The summed E-state index contributed by atoms with van der Waals surface area (Å²) in [7, 11) is 0. The van der Waals surface area contributed by atoms with Crippen LogP contribution in [0.5, 0.6) is 0 Å². The van der Waals surface area contributed by atoms with Gasteiger partial charge in [0.05, 0.1) is 22.9 Å². The monoisotopic (exact) mass is 253 g/mol. The Labute approximate surface area is 108 Å². The van der Waals surface area contributed by atoms with Gasteiger partial charge in [-0.15, -0.1) is 0 Å². The number of aryl methyl sites for hydroxylation is 1. The first-order chi connectivity index (χ1) is 9.22. The van der Waals surface area contributed by atoms with Crippen molar-refractivity contribution in [2.24, 2.45) is 0 Å². The number of benzene rings is 1. The number of H-pyrrole nitrogens is 1. The van der Waals surface area contributed by atoms with E-state index in [1.54, 1.807) is 6.20 Å². The Hall–Kier alpha value is -2.76. The number of carbonyl (C=O) groups is 1. The van der Waals surface area contributed by atoms with Crippen molar-refractivity contribution in [1.29, 1.82) is 0 Å². The lowest BCUT2D eigenvalue weighted by molar-refractivity contribution is 0.102. The maximum atomic E-state index is 11.9. The van der Waals surface area contributed by atoms with E-state index in [1.807, 2.05) is 31.2 Å². The highest BCUT2D eigenvalue weighted by molar-refractivity contribution is 6.02. The smallest absolute Gasteiger partial charge is 0.278 e. The van der Waals surface area contributed by atoms with Crippen LogP contribution in [-0.2, 0) is 0 Å². The standard InChI is InChI=1S/C13H11N5O/c1-8-6-15-11(7-14-8)12(19)18-13-16-9-4-2-3-5-10(9)17-13/h2-7H,1H3,(H2,16,17,18,19). The molecule has 1 amide bonds. The zero-order valence-electron chi connectivity index (χ0n) is 10.2. The normalized spacial score (nSPS) is 10.6. The number of rotatable bonds is 2. The number of nitrogens with zero attached hydrogens (tertiary/aromatic N) is 3. The quantitative estimate of drug-likeness (QED) is 0.730. The predicted octanol–water partition coefficient (Wildman–Crippen LogP) is 1.91. The van der Waals surface area contributed by atoms with Crippen LogP contribution in [0.4, 0.5) is 5.95 Å². The summed E-state index contributed by atoms with van der Waals surface area (Å²) < 4.78 is 0. The van der Waals surface area contributed by atoms with Gasteiger partial charge in [0.15, 0.2) is 0 Å². The minimum absolute atomic E-state index is 0.256. The molecule has 1 aromatic carbocycles. The number of aromatic nitrogens is 4. The van der Waals surface area contributed by atoms with Gasteiger partial charge in [-0.05, 0) is 19.1 Å². The molecule has 94 valence electrons. The van der Waals surface area contributed by atoms with Crippen molar-refractivity contribution in [3.8, 4) is 0 Å². The van der Waals surface area contributed by atoms with Crippen molar-refractivity contribution < 1.29 is 4.79 Å². The van der Waals surface area contributed by atoms with Gasteiger partial charge in [0, 0.05) is 6.20 Å². The Balaban J connectivity index is 1.84. The van der Waals surface area contributed by atoms with Crippen molar-refractivity contribution in [3.63, 3.8) is 0 Å². The Bertz CT molecular complexity index is 699. The summed E-state index contributed by atoms with van der Waals surface area (Å²) in [6.07, 6.45) is 2.99. The van der Waals surface area contributed by atoms with Crippen LogP contribution in [0.25, 0.3) is 11.0 Å². The van der Waals surface area contributed by atoms with E-state index in [-0.39, 0.29) is 11.6 Å². The highest BCUT2D eigenvalue weighted by Gasteiger charge is 2.10. The number of anilines is 1. The van der Waals surface area contributed by atoms with Gasteiger partial charge in [0.2, 0.25) is 5.95 Å². The molecule has 0 unspecified atom stereocenters. The molecule has 0 atom stereocenters. The highest BCUT2D eigenvalue weighted by atomic mass is 16.2. The molecule has 0 spiro atoms. The van der Waals surface area contributed by atoms with Gasteiger partial charge in [-0.25, -0.2) is 9.97 Å². The van der Waals surface area contributed by atoms with Crippen LogP contribution < -0.4 is 5.32 Å². The largest absolute Gasteiger partial charge is 0.324 e. The molecule has 6 heteroatoms. The van der Waals surface area contributed by atoms with E-state index in [4.69, 9.17) is 0 Å². The number of amides is 1. The third kappa shape index (κ3) is 2.28. The van der Waals surface area contributed by atoms with Crippen molar-refractivity contribution in [2.75, 3.05) is 5.32 Å². The van der Waals surface area contributed by atoms with Crippen LogP contribution in [0.3, 0.4) is 0 Å². The van der Waals surface area contributed by atoms with E-state index >= 15 is 0 Å². The van der Waals surface area contributed by atoms with E-state index in [0.29, 0.717) is 5.95 Å². The second kappa shape index (κ2) is 4.49. The molecule has 2 N–H and O–H groups in total. The van der Waals surface area contributed by atoms with E-state index in [0.717, 1.165) is 16.7 Å². The minimum Gasteiger partial charge on any atom is -0.324 e. The number of carbonyl (C=O) groups excluding carboxylic acids is 1.